The number of para-hydroxylation sites is 1. The molecule has 6 rings (SSSR count). The molecule has 3 heterocycles. The topological polar surface area (TPSA) is 56.2 Å². The maximum Gasteiger partial charge on any atom is 0.235 e. The second kappa shape index (κ2) is 10.0. The van der Waals surface area contributed by atoms with Gasteiger partial charge in [0, 0.05) is 54.5 Å². The Morgan fingerprint density at radius 3 is 2.36 bits per heavy atom. The van der Waals surface area contributed by atoms with Crippen molar-refractivity contribution in [3.63, 3.8) is 0 Å². The van der Waals surface area contributed by atoms with Crippen LogP contribution in [0, 0.1) is 5.41 Å². The summed E-state index contributed by atoms with van der Waals surface area (Å²) in [5.41, 5.74) is 1.87. The molecule has 3 aliphatic heterocycles. The van der Waals surface area contributed by atoms with Crippen LogP contribution in [0.2, 0.25) is 0 Å². The van der Waals surface area contributed by atoms with E-state index in [1.165, 1.54) is 21.8 Å². The summed E-state index contributed by atoms with van der Waals surface area (Å²) in [4.78, 5) is 39.7. The fraction of sp³-hybridized carbons (Fsp3) is 0.483. The van der Waals surface area contributed by atoms with Crippen LogP contribution in [-0.4, -0.2) is 71.6 Å². The quantitative estimate of drug-likeness (QED) is 0.554. The lowest BCUT2D eigenvalue weighted by Crippen LogP contribution is -2.49. The molecule has 2 amide bonds. The van der Waals surface area contributed by atoms with Gasteiger partial charge >= 0.3 is 0 Å². The molecule has 7 heteroatoms. The minimum Gasteiger partial charge on any atom is -0.354 e. The van der Waals surface area contributed by atoms with Crippen LogP contribution in [0.4, 0.5) is 5.69 Å². The van der Waals surface area contributed by atoms with Crippen molar-refractivity contribution in [2.24, 2.45) is 10.4 Å². The third-order valence-electron chi connectivity index (χ3n) is 8.27. The molecule has 1 aliphatic carbocycles. The molecule has 2 aromatic rings. The number of piperazine rings is 1. The number of likely N-dealkylation sites (tertiary alicyclic amines) is 1. The van der Waals surface area contributed by atoms with Crippen molar-refractivity contribution in [2.75, 3.05) is 39.3 Å². The van der Waals surface area contributed by atoms with Crippen LogP contribution in [-0.2, 0) is 9.59 Å². The molecule has 4 aliphatic rings. The molecule has 3 fully saturated rings. The molecule has 36 heavy (non-hydrogen) atoms. The Kier molecular flexibility index (Phi) is 6.61. The number of carbonyl (C=O) groups excluding carboxylic acids is 2. The monoisotopic (exact) mass is 502 g/mol. The molecule has 1 saturated carbocycles. The SMILES string of the molecule is O=C1CC2(CCCCC2)C(=O)N1CCCN1CCN(C2=Nc3ccccc3Sc3ccccc32)CC1. The summed E-state index contributed by atoms with van der Waals surface area (Å²) in [5, 5.41) is 0. The first kappa shape index (κ1) is 23.7. The van der Waals surface area contributed by atoms with Crippen LogP contribution in [0.5, 0.6) is 0 Å². The van der Waals surface area contributed by atoms with Gasteiger partial charge in [-0.25, -0.2) is 4.99 Å². The standard InChI is InChI=1S/C29H34N4O2S/c34-26-21-29(13-6-1-7-14-29)28(35)33(26)16-8-15-31-17-19-32(20-18-31)27-22-9-2-4-11-24(22)36-25-12-5-3-10-23(25)30-27/h2-5,9-12H,1,6-8,13-21H2. The summed E-state index contributed by atoms with van der Waals surface area (Å²) in [6, 6.07) is 16.9. The first-order chi connectivity index (χ1) is 17.6. The summed E-state index contributed by atoms with van der Waals surface area (Å²) in [5.74, 6) is 1.23. The maximum atomic E-state index is 13.1. The second-order valence-electron chi connectivity index (χ2n) is 10.6. The van der Waals surface area contributed by atoms with Gasteiger partial charge in [0.05, 0.1) is 11.1 Å². The molecule has 0 radical (unpaired) electrons. The number of amidine groups is 1. The lowest BCUT2D eigenvalue weighted by Gasteiger charge is -2.37. The third kappa shape index (κ3) is 4.48. The molecule has 188 valence electrons. The van der Waals surface area contributed by atoms with E-state index in [-0.39, 0.29) is 17.2 Å². The molecule has 0 bridgehead atoms. The van der Waals surface area contributed by atoms with Gasteiger partial charge < -0.3 is 4.90 Å². The van der Waals surface area contributed by atoms with Crippen molar-refractivity contribution in [1.29, 1.82) is 0 Å². The molecule has 1 spiro atoms. The molecular formula is C29H34N4O2S. The van der Waals surface area contributed by atoms with Gasteiger partial charge in [0.15, 0.2) is 0 Å². The van der Waals surface area contributed by atoms with E-state index in [2.05, 4.69) is 58.3 Å². The van der Waals surface area contributed by atoms with E-state index >= 15 is 0 Å². The maximum absolute atomic E-state index is 13.1. The number of fused-ring (bicyclic) bond motifs is 2. The smallest absolute Gasteiger partial charge is 0.235 e. The molecule has 0 aromatic heterocycles. The molecule has 0 N–H and O–H groups in total. The van der Waals surface area contributed by atoms with Gasteiger partial charge in [-0.1, -0.05) is 61.4 Å². The number of rotatable bonds is 4. The Morgan fingerprint density at radius 2 is 1.56 bits per heavy atom. The van der Waals surface area contributed by atoms with Gasteiger partial charge in [-0.15, -0.1) is 0 Å². The minimum atomic E-state index is -0.367. The fourth-order valence-corrected chi connectivity index (χ4v) is 7.27. The number of imide groups is 1. The van der Waals surface area contributed by atoms with Gasteiger partial charge in [-0.2, -0.15) is 0 Å². The van der Waals surface area contributed by atoms with E-state index in [9.17, 15) is 9.59 Å². The van der Waals surface area contributed by atoms with Crippen LogP contribution in [0.25, 0.3) is 0 Å². The Hall–Kier alpha value is -2.64. The van der Waals surface area contributed by atoms with Crippen molar-refractivity contribution < 1.29 is 9.59 Å². The lowest BCUT2D eigenvalue weighted by atomic mass is 9.73. The van der Waals surface area contributed by atoms with Gasteiger partial charge in [0.25, 0.3) is 0 Å². The Morgan fingerprint density at radius 1 is 0.833 bits per heavy atom. The number of hydrogen-bond donors (Lipinski definition) is 0. The average Bonchev–Trinajstić information content (AvgIpc) is 3.04. The highest BCUT2D eigenvalue weighted by molar-refractivity contribution is 7.99. The van der Waals surface area contributed by atoms with Crippen LogP contribution in [0.15, 0.2) is 63.3 Å². The van der Waals surface area contributed by atoms with Crippen LogP contribution in [0.3, 0.4) is 0 Å². The first-order valence-corrected chi connectivity index (χ1v) is 14.2. The number of carbonyl (C=O) groups is 2. The van der Waals surface area contributed by atoms with Crippen LogP contribution >= 0.6 is 11.8 Å². The van der Waals surface area contributed by atoms with Crippen LogP contribution in [0.1, 0.15) is 50.5 Å². The molecular weight excluding hydrogens is 468 g/mol. The fourth-order valence-electron chi connectivity index (χ4n) is 6.25. The van der Waals surface area contributed by atoms with E-state index in [0.29, 0.717) is 13.0 Å². The summed E-state index contributed by atoms with van der Waals surface area (Å²) < 4.78 is 0. The predicted molar refractivity (Wildman–Crippen MR) is 143 cm³/mol. The second-order valence-corrected chi connectivity index (χ2v) is 11.6. The number of nitrogens with zero attached hydrogens (tertiary/aromatic N) is 4. The molecule has 0 atom stereocenters. The van der Waals surface area contributed by atoms with E-state index in [1.807, 2.05) is 0 Å². The number of hydrogen-bond acceptors (Lipinski definition) is 6. The van der Waals surface area contributed by atoms with Gasteiger partial charge in [-0.05, 0) is 44.0 Å². The van der Waals surface area contributed by atoms with E-state index < -0.39 is 0 Å². The summed E-state index contributed by atoms with van der Waals surface area (Å²) in [7, 11) is 0. The zero-order chi connectivity index (χ0) is 24.5. The van der Waals surface area contributed by atoms with Crippen molar-refractivity contribution >= 4 is 35.1 Å². The number of benzene rings is 2. The van der Waals surface area contributed by atoms with Gasteiger partial charge in [0.2, 0.25) is 11.8 Å². The van der Waals surface area contributed by atoms with Gasteiger partial charge in [-0.3, -0.25) is 19.4 Å². The highest BCUT2D eigenvalue weighted by Gasteiger charge is 2.51. The van der Waals surface area contributed by atoms with Crippen molar-refractivity contribution in [3.05, 3.63) is 54.1 Å². The largest absolute Gasteiger partial charge is 0.354 e. The third-order valence-corrected chi connectivity index (χ3v) is 9.41. The molecule has 6 nitrogen and oxygen atoms in total. The normalized spacial score (nSPS) is 21.8. The zero-order valence-electron chi connectivity index (χ0n) is 20.8. The molecule has 0 unspecified atom stereocenters. The summed E-state index contributed by atoms with van der Waals surface area (Å²) in [6.07, 6.45) is 6.43. The minimum absolute atomic E-state index is 0.0508. The van der Waals surface area contributed by atoms with E-state index in [1.54, 1.807) is 16.7 Å². The van der Waals surface area contributed by atoms with E-state index in [4.69, 9.17) is 4.99 Å². The molecule has 2 aromatic carbocycles. The zero-order valence-corrected chi connectivity index (χ0v) is 21.6. The Bertz CT molecular complexity index is 1180. The van der Waals surface area contributed by atoms with Crippen molar-refractivity contribution in [2.45, 2.75) is 54.7 Å². The number of amides is 2. The summed E-state index contributed by atoms with van der Waals surface area (Å²) >= 11 is 1.79. The highest BCUT2D eigenvalue weighted by Crippen LogP contribution is 2.45. The lowest BCUT2D eigenvalue weighted by molar-refractivity contribution is -0.142. The first-order valence-electron chi connectivity index (χ1n) is 13.4. The van der Waals surface area contributed by atoms with E-state index in [0.717, 1.165) is 76.4 Å². The highest BCUT2D eigenvalue weighted by atomic mass is 32.2. The predicted octanol–water partition coefficient (Wildman–Crippen LogP) is 4.95. The van der Waals surface area contributed by atoms with Crippen molar-refractivity contribution in [1.82, 2.24) is 14.7 Å². The van der Waals surface area contributed by atoms with Crippen LogP contribution < -0.4 is 0 Å². The van der Waals surface area contributed by atoms with Crippen molar-refractivity contribution in [3.8, 4) is 0 Å². The van der Waals surface area contributed by atoms with Gasteiger partial charge in [0.1, 0.15) is 5.84 Å². The Labute approximate surface area is 217 Å². The molecule has 2 saturated heterocycles. The number of aliphatic imine (C=N–C) groups is 1. The summed E-state index contributed by atoms with van der Waals surface area (Å²) in [6.45, 7) is 5.24. The average molecular weight is 503 g/mol. The Balaban J connectivity index is 1.06.